The number of carbonyl (C=O) groups is 2. The van der Waals surface area contributed by atoms with Crippen LogP contribution in [-0.2, 0) is 9.36 Å². The SMILES string of the molecule is CCC(C)C(NC(=O)Nc1ccc(Br)cc1)C(=O)NC[P+](=O)O. The van der Waals surface area contributed by atoms with E-state index in [9.17, 15) is 14.2 Å². The lowest BCUT2D eigenvalue weighted by molar-refractivity contribution is -0.123. The molecule has 7 nitrogen and oxygen atoms in total. The normalized spacial score (nSPS) is 13.7. The molecule has 1 aromatic carbocycles. The van der Waals surface area contributed by atoms with Crippen LogP contribution in [0.25, 0.3) is 0 Å². The number of amides is 3. The van der Waals surface area contributed by atoms with Gasteiger partial charge in [0, 0.05) is 10.2 Å². The van der Waals surface area contributed by atoms with E-state index >= 15 is 0 Å². The van der Waals surface area contributed by atoms with Crippen LogP contribution in [0.2, 0.25) is 0 Å². The molecule has 9 heteroatoms. The highest BCUT2D eigenvalue weighted by Gasteiger charge is 2.27. The van der Waals surface area contributed by atoms with Gasteiger partial charge in [0.15, 0.2) is 0 Å². The largest absolute Gasteiger partial charge is 0.527 e. The van der Waals surface area contributed by atoms with Crippen LogP contribution in [0.15, 0.2) is 28.7 Å². The first-order chi connectivity index (χ1) is 10.8. The Bertz CT molecular complexity index is 568. The number of carbonyl (C=O) groups excluding carboxylic acids is 2. The average Bonchev–Trinajstić information content (AvgIpc) is 2.51. The van der Waals surface area contributed by atoms with Crippen molar-refractivity contribution in [1.29, 1.82) is 0 Å². The maximum atomic E-state index is 12.1. The van der Waals surface area contributed by atoms with E-state index in [2.05, 4.69) is 31.9 Å². The Labute approximate surface area is 144 Å². The summed E-state index contributed by atoms with van der Waals surface area (Å²) in [5.74, 6) is -0.607. The van der Waals surface area contributed by atoms with Crippen molar-refractivity contribution in [2.24, 2.45) is 5.92 Å². The highest BCUT2D eigenvalue weighted by atomic mass is 79.9. The zero-order valence-electron chi connectivity index (χ0n) is 12.9. The minimum absolute atomic E-state index is 0.123. The van der Waals surface area contributed by atoms with Gasteiger partial charge in [0.25, 0.3) is 0 Å². The molecule has 0 bridgehead atoms. The van der Waals surface area contributed by atoms with Crippen LogP contribution in [0.1, 0.15) is 20.3 Å². The van der Waals surface area contributed by atoms with Gasteiger partial charge in [0.05, 0.1) is 0 Å². The van der Waals surface area contributed by atoms with Crippen molar-refractivity contribution in [2.75, 3.05) is 11.6 Å². The molecule has 23 heavy (non-hydrogen) atoms. The van der Waals surface area contributed by atoms with Gasteiger partial charge in [0.1, 0.15) is 6.04 Å². The number of urea groups is 1. The van der Waals surface area contributed by atoms with E-state index < -0.39 is 26.0 Å². The van der Waals surface area contributed by atoms with Gasteiger partial charge in [-0.2, -0.15) is 4.89 Å². The Morgan fingerprint density at radius 1 is 1.30 bits per heavy atom. The number of hydrogen-bond acceptors (Lipinski definition) is 3. The molecule has 0 aliphatic heterocycles. The van der Waals surface area contributed by atoms with Gasteiger partial charge in [-0.15, -0.1) is 0 Å². The molecule has 0 aliphatic carbocycles. The van der Waals surface area contributed by atoms with Crippen LogP contribution in [0.3, 0.4) is 0 Å². The number of anilines is 1. The molecule has 0 aromatic heterocycles. The fraction of sp³-hybridized carbons (Fsp3) is 0.429. The summed E-state index contributed by atoms with van der Waals surface area (Å²) in [7, 11) is -2.46. The molecule has 4 N–H and O–H groups in total. The molecule has 126 valence electrons. The molecular weight excluding hydrogens is 385 g/mol. The van der Waals surface area contributed by atoms with Crippen molar-refractivity contribution >= 4 is 41.6 Å². The van der Waals surface area contributed by atoms with Gasteiger partial charge in [-0.3, -0.25) is 4.79 Å². The Kier molecular flexibility index (Phi) is 8.16. The number of nitrogens with one attached hydrogen (secondary N) is 3. The number of halogens is 1. The predicted molar refractivity (Wildman–Crippen MR) is 92.4 cm³/mol. The fourth-order valence-corrected chi connectivity index (χ4v) is 2.35. The van der Waals surface area contributed by atoms with Crippen molar-refractivity contribution < 1.29 is 19.0 Å². The van der Waals surface area contributed by atoms with E-state index in [1.807, 2.05) is 13.8 Å². The molecule has 0 heterocycles. The van der Waals surface area contributed by atoms with Crippen LogP contribution in [0, 0.1) is 5.92 Å². The summed E-state index contributed by atoms with van der Waals surface area (Å²) in [5, 5.41) is 7.60. The van der Waals surface area contributed by atoms with Crippen LogP contribution in [0.5, 0.6) is 0 Å². The molecule has 1 aromatic rings. The van der Waals surface area contributed by atoms with Crippen molar-refractivity contribution in [3.05, 3.63) is 28.7 Å². The molecule has 0 saturated heterocycles. The molecule has 3 atom stereocenters. The van der Waals surface area contributed by atoms with E-state index in [4.69, 9.17) is 4.89 Å². The maximum absolute atomic E-state index is 12.1. The van der Waals surface area contributed by atoms with Gasteiger partial charge >= 0.3 is 14.1 Å². The lowest BCUT2D eigenvalue weighted by atomic mass is 9.98. The first-order valence-corrected chi connectivity index (χ1v) is 9.26. The second-order valence-corrected chi connectivity index (χ2v) is 6.96. The standard InChI is InChI=1S/C14H19BrN3O4P/c1-3-9(2)12(13(19)16-8-23(21)22)18-14(20)17-11-6-4-10(15)5-7-11/h4-7,9,12H,3,8H2,1-2H3,(H3-,16,17,18,19,20,21,22)/p+1. The number of hydrogen-bond donors (Lipinski definition) is 4. The predicted octanol–water partition coefficient (Wildman–Crippen LogP) is 2.79. The quantitative estimate of drug-likeness (QED) is 0.524. The Morgan fingerprint density at radius 2 is 1.91 bits per heavy atom. The average molecular weight is 405 g/mol. The highest BCUT2D eigenvalue weighted by Crippen LogP contribution is 2.15. The summed E-state index contributed by atoms with van der Waals surface area (Å²) < 4.78 is 11.6. The Hall–Kier alpha value is -1.50. The zero-order valence-corrected chi connectivity index (χ0v) is 15.4. The van der Waals surface area contributed by atoms with Crippen molar-refractivity contribution in [3.8, 4) is 0 Å². The second-order valence-electron chi connectivity index (χ2n) is 5.02. The molecule has 0 fully saturated rings. The summed E-state index contributed by atoms with van der Waals surface area (Å²) >= 11 is 3.30. The topological polar surface area (TPSA) is 108 Å². The van der Waals surface area contributed by atoms with Crippen molar-refractivity contribution in [1.82, 2.24) is 10.6 Å². The first kappa shape index (κ1) is 19.5. The fourth-order valence-electron chi connectivity index (χ4n) is 1.80. The molecule has 1 rings (SSSR count). The summed E-state index contributed by atoms with van der Waals surface area (Å²) in [4.78, 5) is 32.9. The van der Waals surface area contributed by atoms with Crippen LogP contribution < -0.4 is 16.0 Å². The molecule has 0 spiro atoms. The van der Waals surface area contributed by atoms with E-state index in [0.29, 0.717) is 12.1 Å². The number of benzene rings is 1. The van der Waals surface area contributed by atoms with Gasteiger partial charge in [0.2, 0.25) is 12.2 Å². The minimum Gasteiger partial charge on any atom is -0.326 e. The summed E-state index contributed by atoms with van der Waals surface area (Å²) in [6, 6.07) is 5.71. The summed E-state index contributed by atoms with van der Waals surface area (Å²) in [5.41, 5.74) is 0.590. The summed E-state index contributed by atoms with van der Waals surface area (Å²) in [6.07, 6.45) is 0.332. The molecule has 3 amide bonds. The van der Waals surface area contributed by atoms with Crippen LogP contribution >= 0.6 is 24.0 Å². The zero-order chi connectivity index (χ0) is 17.4. The lowest BCUT2D eigenvalue weighted by Gasteiger charge is -2.22. The smallest absolute Gasteiger partial charge is 0.326 e. The Morgan fingerprint density at radius 3 is 2.43 bits per heavy atom. The monoisotopic (exact) mass is 404 g/mol. The lowest BCUT2D eigenvalue weighted by Crippen LogP contribution is -2.51. The molecule has 0 saturated carbocycles. The van der Waals surface area contributed by atoms with Crippen LogP contribution in [0.4, 0.5) is 10.5 Å². The molecule has 0 radical (unpaired) electrons. The van der Waals surface area contributed by atoms with E-state index in [1.54, 1.807) is 24.3 Å². The third-order valence-electron chi connectivity index (χ3n) is 3.27. The van der Waals surface area contributed by atoms with Crippen molar-refractivity contribution in [2.45, 2.75) is 26.3 Å². The third-order valence-corrected chi connectivity index (χ3v) is 4.23. The van der Waals surface area contributed by atoms with Gasteiger partial charge in [-0.1, -0.05) is 36.2 Å². The maximum Gasteiger partial charge on any atom is 0.527 e. The van der Waals surface area contributed by atoms with Crippen molar-refractivity contribution in [3.63, 3.8) is 0 Å². The highest BCUT2D eigenvalue weighted by molar-refractivity contribution is 9.10. The Balaban J connectivity index is 2.68. The third kappa shape index (κ3) is 7.07. The van der Waals surface area contributed by atoms with Crippen LogP contribution in [-0.4, -0.2) is 29.2 Å². The van der Waals surface area contributed by atoms with E-state index in [-0.39, 0.29) is 12.2 Å². The van der Waals surface area contributed by atoms with E-state index in [0.717, 1.165) is 4.47 Å². The van der Waals surface area contributed by atoms with E-state index in [1.165, 1.54) is 0 Å². The minimum atomic E-state index is -2.46. The first-order valence-electron chi connectivity index (χ1n) is 7.07. The molecule has 3 unspecified atom stereocenters. The summed E-state index contributed by atoms with van der Waals surface area (Å²) in [6.45, 7) is 3.72. The molecular formula is C14H20BrN3O4P+. The van der Waals surface area contributed by atoms with Gasteiger partial charge in [-0.25, -0.2) is 4.79 Å². The number of rotatable bonds is 7. The molecule has 0 aliphatic rings. The van der Waals surface area contributed by atoms with Gasteiger partial charge in [-0.05, 0) is 34.7 Å². The van der Waals surface area contributed by atoms with Gasteiger partial charge < -0.3 is 16.0 Å². The second kappa shape index (κ2) is 9.60.